The third kappa shape index (κ3) is 3.27. The van der Waals surface area contributed by atoms with E-state index in [1.165, 1.54) is 22.3 Å². The zero-order chi connectivity index (χ0) is 17.2. The van der Waals surface area contributed by atoms with Crippen LogP contribution in [0.3, 0.4) is 0 Å². The predicted octanol–water partition coefficient (Wildman–Crippen LogP) is 3.83. The predicted molar refractivity (Wildman–Crippen MR) is 96.5 cm³/mol. The van der Waals surface area contributed by atoms with Crippen molar-refractivity contribution in [2.45, 2.75) is 43.7 Å². The molecule has 0 unspecified atom stereocenters. The number of fused-ring (bicyclic) bond motifs is 3. The first-order valence-electron chi connectivity index (χ1n) is 9.02. The van der Waals surface area contributed by atoms with Crippen LogP contribution < -0.4 is 5.32 Å². The van der Waals surface area contributed by atoms with E-state index in [9.17, 15) is 9.90 Å². The number of benzene rings is 2. The van der Waals surface area contributed by atoms with Gasteiger partial charge in [0.2, 0.25) is 0 Å². The average molecular weight is 337 g/mol. The molecule has 130 valence electrons. The van der Waals surface area contributed by atoms with Gasteiger partial charge in [-0.1, -0.05) is 48.5 Å². The first kappa shape index (κ1) is 16.2. The van der Waals surface area contributed by atoms with E-state index in [0.717, 1.165) is 25.7 Å². The second-order valence-electron chi connectivity index (χ2n) is 6.98. The van der Waals surface area contributed by atoms with Gasteiger partial charge in [-0.15, -0.1) is 0 Å². The minimum atomic E-state index is -0.358. The van der Waals surface area contributed by atoms with Crippen molar-refractivity contribution < 1.29 is 14.6 Å². The Bertz CT molecular complexity index is 720. The lowest BCUT2D eigenvalue weighted by molar-refractivity contribution is 0.106. The molecule has 0 radical (unpaired) electrons. The SMILES string of the molecule is O=C(N[C@H]1CC[C@H](O)CC1)OCC1c2ccccc2-c2ccccc21. The molecule has 0 saturated heterocycles. The van der Waals surface area contributed by atoms with Crippen LogP contribution in [0.15, 0.2) is 48.5 Å². The Morgan fingerprint density at radius 3 is 2.12 bits per heavy atom. The van der Waals surface area contributed by atoms with E-state index in [0.29, 0.717) is 6.61 Å². The summed E-state index contributed by atoms with van der Waals surface area (Å²) in [4.78, 5) is 12.2. The van der Waals surface area contributed by atoms with E-state index >= 15 is 0 Å². The third-order valence-corrected chi connectivity index (χ3v) is 5.36. The molecular formula is C21H23NO3. The van der Waals surface area contributed by atoms with Crippen LogP contribution in [-0.2, 0) is 4.74 Å². The molecule has 0 bridgehead atoms. The summed E-state index contributed by atoms with van der Waals surface area (Å²) in [6.07, 6.45) is 2.53. The van der Waals surface area contributed by atoms with Crippen molar-refractivity contribution in [3.8, 4) is 11.1 Å². The van der Waals surface area contributed by atoms with Gasteiger partial charge in [-0.3, -0.25) is 0 Å². The minimum Gasteiger partial charge on any atom is -0.449 e. The molecule has 4 nitrogen and oxygen atoms in total. The molecular weight excluding hydrogens is 314 g/mol. The van der Waals surface area contributed by atoms with Crippen molar-refractivity contribution in [2.24, 2.45) is 0 Å². The lowest BCUT2D eigenvalue weighted by atomic mass is 9.93. The maximum atomic E-state index is 12.2. The molecule has 0 heterocycles. The van der Waals surface area contributed by atoms with Crippen LogP contribution in [0.5, 0.6) is 0 Å². The molecule has 25 heavy (non-hydrogen) atoms. The summed E-state index contributed by atoms with van der Waals surface area (Å²) in [5.41, 5.74) is 4.90. The molecule has 1 fully saturated rings. The van der Waals surface area contributed by atoms with E-state index in [-0.39, 0.29) is 24.2 Å². The number of carbonyl (C=O) groups excluding carboxylic acids is 1. The van der Waals surface area contributed by atoms with E-state index in [1.807, 2.05) is 24.3 Å². The monoisotopic (exact) mass is 337 g/mol. The number of carbonyl (C=O) groups is 1. The molecule has 1 saturated carbocycles. The van der Waals surface area contributed by atoms with Gasteiger partial charge < -0.3 is 15.2 Å². The van der Waals surface area contributed by atoms with Gasteiger partial charge in [-0.05, 0) is 47.9 Å². The molecule has 2 aromatic rings. The highest BCUT2D eigenvalue weighted by Gasteiger charge is 2.29. The Balaban J connectivity index is 1.42. The maximum Gasteiger partial charge on any atom is 0.407 e. The number of amides is 1. The number of nitrogens with one attached hydrogen (secondary N) is 1. The van der Waals surface area contributed by atoms with Gasteiger partial charge in [0, 0.05) is 12.0 Å². The van der Waals surface area contributed by atoms with Gasteiger partial charge in [0.05, 0.1) is 6.10 Å². The number of rotatable bonds is 3. The van der Waals surface area contributed by atoms with E-state index in [1.54, 1.807) is 0 Å². The summed E-state index contributed by atoms with van der Waals surface area (Å²) in [6, 6.07) is 16.7. The zero-order valence-corrected chi connectivity index (χ0v) is 14.2. The number of aliphatic hydroxyl groups excluding tert-OH is 1. The molecule has 4 heteroatoms. The van der Waals surface area contributed by atoms with Crippen LogP contribution in [0.25, 0.3) is 11.1 Å². The Morgan fingerprint density at radius 2 is 1.52 bits per heavy atom. The summed E-state index contributed by atoms with van der Waals surface area (Å²) < 4.78 is 5.56. The smallest absolute Gasteiger partial charge is 0.407 e. The van der Waals surface area contributed by atoms with E-state index in [4.69, 9.17) is 4.74 Å². The first-order chi connectivity index (χ1) is 12.2. The maximum absolute atomic E-state index is 12.2. The van der Waals surface area contributed by atoms with Gasteiger partial charge in [-0.25, -0.2) is 4.79 Å². The number of hydrogen-bond donors (Lipinski definition) is 2. The topological polar surface area (TPSA) is 58.6 Å². The molecule has 2 N–H and O–H groups in total. The quantitative estimate of drug-likeness (QED) is 0.895. The molecule has 2 aromatic carbocycles. The Morgan fingerprint density at radius 1 is 0.960 bits per heavy atom. The molecule has 1 amide bonds. The molecule has 0 spiro atoms. The van der Waals surface area contributed by atoms with Crippen molar-refractivity contribution in [2.75, 3.05) is 6.61 Å². The molecule has 4 rings (SSSR count). The summed E-state index contributed by atoms with van der Waals surface area (Å²) in [5.74, 6) is 0.0892. The highest BCUT2D eigenvalue weighted by Crippen LogP contribution is 2.44. The van der Waals surface area contributed by atoms with Crippen LogP contribution in [0, 0.1) is 0 Å². The van der Waals surface area contributed by atoms with Gasteiger partial charge in [0.1, 0.15) is 6.61 Å². The summed E-state index contributed by atoms with van der Waals surface area (Å²) >= 11 is 0. The second kappa shape index (κ2) is 6.89. The van der Waals surface area contributed by atoms with E-state index in [2.05, 4.69) is 29.6 Å². The first-order valence-corrected chi connectivity index (χ1v) is 9.02. The molecule has 0 atom stereocenters. The fourth-order valence-corrected chi connectivity index (χ4v) is 4.03. The Labute approximate surface area is 147 Å². The zero-order valence-electron chi connectivity index (χ0n) is 14.2. The van der Waals surface area contributed by atoms with Crippen molar-refractivity contribution in [3.05, 3.63) is 59.7 Å². The van der Waals surface area contributed by atoms with Crippen LogP contribution in [0.2, 0.25) is 0 Å². The van der Waals surface area contributed by atoms with Crippen LogP contribution in [-0.4, -0.2) is 30.0 Å². The number of aliphatic hydroxyl groups is 1. The van der Waals surface area contributed by atoms with Crippen molar-refractivity contribution in [1.82, 2.24) is 5.32 Å². The normalized spacial score (nSPS) is 22.1. The highest BCUT2D eigenvalue weighted by molar-refractivity contribution is 5.79. The molecule has 2 aliphatic carbocycles. The lowest BCUT2D eigenvalue weighted by Crippen LogP contribution is -2.39. The number of ether oxygens (including phenoxy) is 1. The van der Waals surface area contributed by atoms with Gasteiger partial charge in [0.25, 0.3) is 0 Å². The van der Waals surface area contributed by atoms with Gasteiger partial charge >= 0.3 is 6.09 Å². The van der Waals surface area contributed by atoms with Gasteiger partial charge in [0.15, 0.2) is 0 Å². The number of alkyl carbamates (subject to hydrolysis) is 1. The average Bonchev–Trinajstić information content (AvgIpc) is 2.96. The Hall–Kier alpha value is -2.33. The molecule has 0 aliphatic heterocycles. The number of hydrogen-bond acceptors (Lipinski definition) is 3. The third-order valence-electron chi connectivity index (χ3n) is 5.36. The van der Waals surface area contributed by atoms with Crippen molar-refractivity contribution in [1.29, 1.82) is 0 Å². The van der Waals surface area contributed by atoms with Gasteiger partial charge in [-0.2, -0.15) is 0 Å². The molecule has 0 aromatic heterocycles. The Kier molecular flexibility index (Phi) is 4.45. The standard InChI is InChI=1S/C21H23NO3/c23-15-11-9-14(10-12-15)22-21(24)25-13-20-18-7-3-1-5-16(18)17-6-2-4-8-19(17)20/h1-8,14-15,20,23H,9-13H2,(H,22,24)/t14-,15-. The summed E-state index contributed by atoms with van der Waals surface area (Å²) in [6.45, 7) is 0.342. The second-order valence-corrected chi connectivity index (χ2v) is 6.98. The highest BCUT2D eigenvalue weighted by atomic mass is 16.5. The minimum absolute atomic E-state index is 0.0892. The summed E-state index contributed by atoms with van der Waals surface area (Å²) in [5, 5.41) is 12.5. The van der Waals surface area contributed by atoms with Crippen LogP contribution in [0.1, 0.15) is 42.7 Å². The fourth-order valence-electron chi connectivity index (χ4n) is 4.03. The fraction of sp³-hybridized carbons (Fsp3) is 0.381. The van der Waals surface area contributed by atoms with Crippen LogP contribution >= 0.6 is 0 Å². The lowest BCUT2D eigenvalue weighted by Gasteiger charge is -2.26. The molecule has 2 aliphatic rings. The van der Waals surface area contributed by atoms with Crippen molar-refractivity contribution in [3.63, 3.8) is 0 Å². The van der Waals surface area contributed by atoms with Crippen LogP contribution in [0.4, 0.5) is 4.79 Å². The van der Waals surface area contributed by atoms with Crippen molar-refractivity contribution >= 4 is 6.09 Å². The largest absolute Gasteiger partial charge is 0.449 e. The van der Waals surface area contributed by atoms with E-state index < -0.39 is 0 Å². The summed E-state index contributed by atoms with van der Waals surface area (Å²) in [7, 11) is 0.